The smallest absolute Gasteiger partial charge is 0.312 e. The van der Waals surface area contributed by atoms with Crippen molar-refractivity contribution in [1.82, 2.24) is 10.2 Å². The van der Waals surface area contributed by atoms with Gasteiger partial charge in [-0.2, -0.15) is 0 Å². The number of ether oxygens (including phenoxy) is 1. The van der Waals surface area contributed by atoms with Gasteiger partial charge in [-0.05, 0) is 25.7 Å². The number of carbonyl (C=O) groups is 2. The van der Waals surface area contributed by atoms with Crippen LogP contribution in [0.2, 0.25) is 0 Å². The number of likely N-dealkylation sites (tertiary alicyclic amines) is 1. The Hall–Kier alpha value is -1.30. The molecular weight excluding hydrogens is 222 g/mol. The molecular formula is C11H21N3O3. The molecule has 3 N–H and O–H groups in total. The van der Waals surface area contributed by atoms with E-state index in [-0.39, 0.29) is 12.5 Å². The third-order valence-corrected chi connectivity index (χ3v) is 2.87. The number of nitrogens with zero attached hydrogens (tertiary/aromatic N) is 1. The molecule has 1 atom stereocenters. The molecule has 0 aromatic heterocycles. The van der Waals surface area contributed by atoms with Gasteiger partial charge in [-0.15, -0.1) is 0 Å². The van der Waals surface area contributed by atoms with Crippen LogP contribution in [0.15, 0.2) is 0 Å². The second-order valence-electron chi connectivity index (χ2n) is 4.23. The standard InChI is InChI=1S/C11H21N3O3/c1-2-17-8-10(15)14-5-3-4-9(7-14)6-13-11(12)16/h9H,2-8H2,1H3,(H3,12,13,16). The lowest BCUT2D eigenvalue weighted by molar-refractivity contribution is -0.137. The zero-order chi connectivity index (χ0) is 12.7. The van der Waals surface area contributed by atoms with Gasteiger partial charge in [0.2, 0.25) is 5.91 Å². The summed E-state index contributed by atoms with van der Waals surface area (Å²) < 4.78 is 5.10. The van der Waals surface area contributed by atoms with E-state index >= 15 is 0 Å². The molecule has 0 saturated carbocycles. The Morgan fingerprint density at radius 1 is 1.53 bits per heavy atom. The Balaban J connectivity index is 2.32. The molecule has 0 aromatic carbocycles. The molecule has 1 saturated heterocycles. The van der Waals surface area contributed by atoms with Gasteiger partial charge in [0.05, 0.1) is 0 Å². The van der Waals surface area contributed by atoms with Gasteiger partial charge >= 0.3 is 6.03 Å². The first-order chi connectivity index (χ1) is 8.13. The van der Waals surface area contributed by atoms with Crippen LogP contribution in [-0.2, 0) is 9.53 Å². The monoisotopic (exact) mass is 243 g/mol. The first-order valence-corrected chi connectivity index (χ1v) is 6.02. The van der Waals surface area contributed by atoms with E-state index in [2.05, 4.69) is 5.32 Å². The number of hydrogen-bond donors (Lipinski definition) is 2. The summed E-state index contributed by atoms with van der Waals surface area (Å²) in [6.07, 6.45) is 1.97. The molecule has 0 spiro atoms. The maximum absolute atomic E-state index is 11.7. The molecule has 1 rings (SSSR count). The van der Waals surface area contributed by atoms with Gasteiger partial charge in [0.25, 0.3) is 0 Å². The van der Waals surface area contributed by atoms with E-state index in [0.29, 0.717) is 25.6 Å². The Bertz CT molecular complexity index is 271. The van der Waals surface area contributed by atoms with Crippen LogP contribution in [0.3, 0.4) is 0 Å². The molecule has 0 radical (unpaired) electrons. The first-order valence-electron chi connectivity index (χ1n) is 6.02. The highest BCUT2D eigenvalue weighted by Crippen LogP contribution is 2.15. The van der Waals surface area contributed by atoms with E-state index in [1.165, 1.54) is 0 Å². The molecule has 6 heteroatoms. The van der Waals surface area contributed by atoms with Crippen molar-refractivity contribution in [2.75, 3.05) is 32.8 Å². The number of urea groups is 1. The molecule has 6 nitrogen and oxygen atoms in total. The van der Waals surface area contributed by atoms with Gasteiger partial charge in [-0.1, -0.05) is 0 Å². The number of carbonyl (C=O) groups excluding carboxylic acids is 2. The van der Waals surface area contributed by atoms with E-state index in [1.807, 2.05) is 6.92 Å². The molecule has 1 fully saturated rings. The van der Waals surface area contributed by atoms with E-state index in [0.717, 1.165) is 19.4 Å². The highest BCUT2D eigenvalue weighted by atomic mass is 16.5. The SMILES string of the molecule is CCOCC(=O)N1CCCC(CNC(N)=O)C1. The van der Waals surface area contributed by atoms with Crippen LogP contribution in [0.4, 0.5) is 4.79 Å². The van der Waals surface area contributed by atoms with E-state index in [4.69, 9.17) is 10.5 Å². The molecule has 1 heterocycles. The van der Waals surface area contributed by atoms with Crippen molar-refractivity contribution >= 4 is 11.9 Å². The van der Waals surface area contributed by atoms with Crippen molar-refractivity contribution in [3.05, 3.63) is 0 Å². The summed E-state index contributed by atoms with van der Waals surface area (Å²) in [5.41, 5.74) is 5.02. The summed E-state index contributed by atoms with van der Waals surface area (Å²) in [5.74, 6) is 0.317. The molecule has 0 aromatic rings. The summed E-state index contributed by atoms with van der Waals surface area (Å²) >= 11 is 0. The highest BCUT2D eigenvalue weighted by Gasteiger charge is 2.23. The number of primary amides is 1. The molecule has 1 aliphatic rings. The average molecular weight is 243 g/mol. The maximum Gasteiger partial charge on any atom is 0.312 e. The Morgan fingerprint density at radius 3 is 2.94 bits per heavy atom. The fraction of sp³-hybridized carbons (Fsp3) is 0.818. The van der Waals surface area contributed by atoms with Crippen molar-refractivity contribution in [1.29, 1.82) is 0 Å². The summed E-state index contributed by atoms with van der Waals surface area (Å²) in [4.78, 5) is 24.1. The number of amides is 3. The van der Waals surface area contributed by atoms with E-state index < -0.39 is 6.03 Å². The van der Waals surface area contributed by atoms with Gasteiger partial charge in [-0.25, -0.2) is 4.79 Å². The van der Waals surface area contributed by atoms with Gasteiger partial charge in [-0.3, -0.25) is 4.79 Å². The van der Waals surface area contributed by atoms with Crippen LogP contribution < -0.4 is 11.1 Å². The normalized spacial score (nSPS) is 20.1. The molecule has 0 bridgehead atoms. The predicted octanol–water partition coefficient (Wildman–Crippen LogP) is -0.0702. The van der Waals surface area contributed by atoms with Crippen LogP contribution in [0, 0.1) is 5.92 Å². The Labute approximate surface area is 101 Å². The fourth-order valence-electron chi connectivity index (χ4n) is 1.98. The Kier molecular flexibility index (Phi) is 5.76. The van der Waals surface area contributed by atoms with Gasteiger partial charge in [0.1, 0.15) is 6.61 Å². The lowest BCUT2D eigenvalue weighted by Gasteiger charge is -2.32. The van der Waals surface area contributed by atoms with Gasteiger partial charge < -0.3 is 20.7 Å². The first kappa shape index (κ1) is 13.8. The fourth-order valence-corrected chi connectivity index (χ4v) is 1.98. The minimum atomic E-state index is -0.511. The van der Waals surface area contributed by atoms with Gasteiger partial charge in [0.15, 0.2) is 0 Å². The third kappa shape index (κ3) is 5.04. The summed E-state index contributed by atoms with van der Waals surface area (Å²) in [5, 5.41) is 2.59. The third-order valence-electron chi connectivity index (χ3n) is 2.87. The van der Waals surface area contributed by atoms with Crippen molar-refractivity contribution in [2.45, 2.75) is 19.8 Å². The van der Waals surface area contributed by atoms with Crippen molar-refractivity contribution in [3.63, 3.8) is 0 Å². The highest BCUT2D eigenvalue weighted by molar-refractivity contribution is 5.77. The number of nitrogens with two attached hydrogens (primary N) is 1. The molecule has 3 amide bonds. The predicted molar refractivity (Wildman–Crippen MR) is 63.4 cm³/mol. The van der Waals surface area contributed by atoms with Crippen LogP contribution in [-0.4, -0.2) is 49.7 Å². The lowest BCUT2D eigenvalue weighted by atomic mass is 9.98. The van der Waals surface area contributed by atoms with Crippen LogP contribution in [0.5, 0.6) is 0 Å². The summed E-state index contributed by atoms with van der Waals surface area (Å²) in [7, 11) is 0. The van der Waals surface area contributed by atoms with Gasteiger partial charge in [0, 0.05) is 26.2 Å². The van der Waals surface area contributed by atoms with E-state index in [1.54, 1.807) is 4.90 Å². The maximum atomic E-state index is 11.7. The number of nitrogens with one attached hydrogen (secondary N) is 1. The number of hydrogen-bond acceptors (Lipinski definition) is 3. The summed E-state index contributed by atoms with van der Waals surface area (Å²) in [6, 6.07) is -0.511. The summed E-state index contributed by atoms with van der Waals surface area (Å²) in [6.45, 7) is 4.54. The Morgan fingerprint density at radius 2 is 2.29 bits per heavy atom. The zero-order valence-corrected chi connectivity index (χ0v) is 10.3. The minimum absolute atomic E-state index is 0.0237. The second-order valence-corrected chi connectivity index (χ2v) is 4.23. The van der Waals surface area contributed by atoms with Crippen molar-refractivity contribution in [2.24, 2.45) is 11.7 Å². The zero-order valence-electron chi connectivity index (χ0n) is 10.3. The lowest BCUT2D eigenvalue weighted by Crippen LogP contribution is -2.45. The topological polar surface area (TPSA) is 84.7 Å². The molecule has 17 heavy (non-hydrogen) atoms. The minimum Gasteiger partial charge on any atom is -0.372 e. The van der Waals surface area contributed by atoms with Crippen molar-refractivity contribution < 1.29 is 14.3 Å². The quantitative estimate of drug-likeness (QED) is 0.709. The van der Waals surface area contributed by atoms with Crippen LogP contribution in [0.25, 0.3) is 0 Å². The van der Waals surface area contributed by atoms with E-state index in [9.17, 15) is 9.59 Å². The van der Waals surface area contributed by atoms with Crippen LogP contribution in [0.1, 0.15) is 19.8 Å². The molecule has 98 valence electrons. The van der Waals surface area contributed by atoms with Crippen LogP contribution >= 0.6 is 0 Å². The molecule has 0 aliphatic carbocycles. The average Bonchev–Trinajstić information content (AvgIpc) is 2.33. The number of rotatable bonds is 5. The number of piperidine rings is 1. The largest absolute Gasteiger partial charge is 0.372 e. The molecule has 1 aliphatic heterocycles. The molecule has 1 unspecified atom stereocenters. The second kappa shape index (κ2) is 7.11. The van der Waals surface area contributed by atoms with Crippen molar-refractivity contribution in [3.8, 4) is 0 Å².